The number of aromatic nitrogens is 3. The summed E-state index contributed by atoms with van der Waals surface area (Å²) in [5, 5.41) is 9.61. The Bertz CT molecular complexity index is 753. The Morgan fingerprint density at radius 2 is 2.21 bits per heavy atom. The number of fused-ring (bicyclic) bond motifs is 1. The average molecular weight is 348 g/mol. The van der Waals surface area contributed by atoms with E-state index in [4.69, 9.17) is 5.73 Å². The molecule has 1 aliphatic heterocycles. The van der Waals surface area contributed by atoms with Crippen LogP contribution < -0.4 is 11.1 Å². The zero-order valence-corrected chi connectivity index (χ0v) is 14.3. The maximum absolute atomic E-state index is 12.4. The van der Waals surface area contributed by atoms with Gasteiger partial charge in [0.2, 0.25) is 11.8 Å². The maximum atomic E-state index is 12.4. The summed E-state index contributed by atoms with van der Waals surface area (Å²) < 4.78 is 1.90. The second-order valence-corrected chi connectivity index (χ2v) is 6.64. The lowest BCUT2D eigenvalue weighted by atomic mass is 10.2. The van der Waals surface area contributed by atoms with Gasteiger partial charge in [0.1, 0.15) is 0 Å². The van der Waals surface area contributed by atoms with Crippen molar-refractivity contribution < 1.29 is 9.59 Å². The molecule has 24 heavy (non-hydrogen) atoms. The van der Waals surface area contributed by atoms with Crippen molar-refractivity contribution in [3.05, 3.63) is 28.5 Å². The predicted octanol–water partition coefficient (Wildman–Crippen LogP) is 0.533. The molecule has 0 unspecified atom stereocenters. The van der Waals surface area contributed by atoms with Gasteiger partial charge >= 0.3 is 0 Å². The van der Waals surface area contributed by atoms with Crippen LogP contribution in [-0.2, 0) is 35.6 Å². The van der Waals surface area contributed by atoms with Crippen LogP contribution in [0.3, 0.4) is 0 Å². The lowest BCUT2D eigenvalue weighted by Gasteiger charge is -2.27. The molecule has 0 saturated heterocycles. The Balaban J connectivity index is 1.55. The van der Waals surface area contributed by atoms with Crippen LogP contribution in [0, 0.1) is 0 Å². The predicted molar refractivity (Wildman–Crippen MR) is 90.0 cm³/mol. The Labute approximate surface area is 143 Å². The van der Waals surface area contributed by atoms with Crippen molar-refractivity contribution in [3.63, 3.8) is 0 Å². The normalized spacial score (nSPS) is 13.6. The van der Waals surface area contributed by atoms with Crippen molar-refractivity contribution in [1.29, 1.82) is 0 Å². The molecule has 3 rings (SSSR count). The highest BCUT2D eigenvalue weighted by molar-refractivity contribution is 7.13. The van der Waals surface area contributed by atoms with Gasteiger partial charge in [-0.05, 0) is 12.5 Å². The molecule has 2 amide bonds. The highest BCUT2D eigenvalue weighted by Crippen LogP contribution is 2.17. The lowest BCUT2D eigenvalue weighted by Crippen LogP contribution is -2.38. The van der Waals surface area contributed by atoms with Gasteiger partial charge in [-0.25, -0.2) is 4.98 Å². The van der Waals surface area contributed by atoms with Crippen molar-refractivity contribution in [1.82, 2.24) is 25.0 Å². The fourth-order valence-electron chi connectivity index (χ4n) is 2.67. The topological polar surface area (TPSA) is 106 Å². The first kappa shape index (κ1) is 16.4. The molecule has 3 heterocycles. The molecule has 9 heteroatoms. The van der Waals surface area contributed by atoms with Crippen LogP contribution in [-0.4, -0.2) is 38.0 Å². The molecule has 0 bridgehead atoms. The second-order valence-electron chi connectivity index (χ2n) is 5.75. The fraction of sp³-hybridized carbons (Fsp3) is 0.467. The molecule has 0 radical (unpaired) electrons. The van der Waals surface area contributed by atoms with Gasteiger partial charge in [0.25, 0.3) is 0 Å². The monoisotopic (exact) mass is 348 g/mol. The van der Waals surface area contributed by atoms with Crippen molar-refractivity contribution in [2.45, 2.75) is 39.4 Å². The average Bonchev–Trinajstić information content (AvgIpc) is 3.15. The maximum Gasteiger partial charge on any atom is 0.223 e. The third-order valence-electron chi connectivity index (χ3n) is 3.88. The quantitative estimate of drug-likeness (QED) is 0.820. The van der Waals surface area contributed by atoms with Gasteiger partial charge in [0.15, 0.2) is 5.13 Å². The molecule has 0 saturated carbocycles. The first-order valence-corrected chi connectivity index (χ1v) is 8.67. The van der Waals surface area contributed by atoms with Crippen LogP contribution in [0.1, 0.15) is 30.4 Å². The summed E-state index contributed by atoms with van der Waals surface area (Å²) in [7, 11) is 0. The molecule has 0 aromatic carbocycles. The minimum atomic E-state index is -0.0829. The van der Waals surface area contributed by atoms with Crippen molar-refractivity contribution in [2.24, 2.45) is 0 Å². The zero-order chi connectivity index (χ0) is 17.1. The van der Waals surface area contributed by atoms with E-state index in [0.717, 1.165) is 17.1 Å². The van der Waals surface area contributed by atoms with E-state index in [1.807, 2.05) is 21.0 Å². The number of nitrogens with two attached hydrogens (primary N) is 1. The molecule has 2 aromatic rings. The number of nitrogen functional groups attached to an aromatic ring is 1. The van der Waals surface area contributed by atoms with Gasteiger partial charge in [0.05, 0.1) is 36.7 Å². The van der Waals surface area contributed by atoms with E-state index in [-0.39, 0.29) is 11.8 Å². The third kappa shape index (κ3) is 3.91. The number of hydrogen-bond acceptors (Lipinski definition) is 6. The summed E-state index contributed by atoms with van der Waals surface area (Å²) in [6.07, 6.45) is 1.03. The van der Waals surface area contributed by atoms with E-state index in [2.05, 4.69) is 15.4 Å². The third-order valence-corrected chi connectivity index (χ3v) is 4.61. The Morgan fingerprint density at radius 1 is 1.38 bits per heavy atom. The number of anilines is 1. The van der Waals surface area contributed by atoms with Crippen LogP contribution in [0.5, 0.6) is 0 Å². The highest BCUT2D eigenvalue weighted by Gasteiger charge is 2.22. The SMILES string of the molecule is CC(=O)NCc1cc2n(n1)CCN(C(=O)CCc1csc(N)n1)C2. The zero-order valence-electron chi connectivity index (χ0n) is 13.5. The smallest absolute Gasteiger partial charge is 0.223 e. The molecule has 1 aliphatic rings. The standard InChI is InChI=1S/C15H20N6O2S/c1-10(22)17-7-12-6-13-8-20(4-5-21(13)19-12)14(23)3-2-11-9-24-15(16)18-11/h6,9H,2-5,7-8H2,1H3,(H2,16,18)(H,17,22). The largest absolute Gasteiger partial charge is 0.375 e. The van der Waals surface area contributed by atoms with Crippen LogP contribution in [0.25, 0.3) is 0 Å². The number of rotatable bonds is 5. The molecule has 8 nitrogen and oxygen atoms in total. The first-order chi connectivity index (χ1) is 11.5. The van der Waals surface area contributed by atoms with Gasteiger partial charge in [-0.15, -0.1) is 11.3 Å². The number of carbonyl (C=O) groups excluding carboxylic acids is 2. The first-order valence-electron chi connectivity index (χ1n) is 7.79. The van der Waals surface area contributed by atoms with E-state index in [1.165, 1.54) is 18.3 Å². The Morgan fingerprint density at radius 3 is 2.92 bits per heavy atom. The summed E-state index contributed by atoms with van der Waals surface area (Å²) in [4.78, 5) is 29.4. The van der Waals surface area contributed by atoms with Gasteiger partial charge in [-0.1, -0.05) is 0 Å². The number of carbonyl (C=O) groups is 2. The Hall–Kier alpha value is -2.42. The molecule has 2 aromatic heterocycles. The lowest BCUT2D eigenvalue weighted by molar-refractivity contribution is -0.132. The minimum absolute atomic E-state index is 0.0829. The van der Waals surface area contributed by atoms with E-state index in [9.17, 15) is 9.59 Å². The summed E-state index contributed by atoms with van der Waals surface area (Å²) in [5.74, 6) is 0.0258. The summed E-state index contributed by atoms with van der Waals surface area (Å²) >= 11 is 1.39. The van der Waals surface area contributed by atoms with Gasteiger partial charge in [-0.3, -0.25) is 14.3 Å². The van der Waals surface area contributed by atoms with Crippen molar-refractivity contribution in [2.75, 3.05) is 12.3 Å². The van der Waals surface area contributed by atoms with Gasteiger partial charge < -0.3 is 16.0 Å². The number of nitrogens with one attached hydrogen (secondary N) is 1. The van der Waals surface area contributed by atoms with Crippen molar-refractivity contribution >= 4 is 28.3 Å². The molecular formula is C15H20N6O2S. The number of aryl methyl sites for hydroxylation is 1. The van der Waals surface area contributed by atoms with E-state index in [1.54, 1.807) is 0 Å². The number of hydrogen-bond donors (Lipinski definition) is 2. The Kier molecular flexibility index (Phi) is 4.79. The molecular weight excluding hydrogens is 328 g/mol. The van der Waals surface area contributed by atoms with E-state index in [0.29, 0.717) is 44.2 Å². The number of amides is 2. The van der Waals surface area contributed by atoms with Gasteiger partial charge in [-0.2, -0.15) is 5.10 Å². The van der Waals surface area contributed by atoms with Crippen LogP contribution in [0.15, 0.2) is 11.4 Å². The van der Waals surface area contributed by atoms with E-state index >= 15 is 0 Å². The molecule has 128 valence electrons. The molecule has 3 N–H and O–H groups in total. The highest BCUT2D eigenvalue weighted by atomic mass is 32.1. The molecule has 0 aliphatic carbocycles. The second kappa shape index (κ2) is 7.00. The number of nitrogens with zero attached hydrogens (tertiary/aromatic N) is 4. The summed E-state index contributed by atoms with van der Waals surface area (Å²) in [6.45, 7) is 3.75. The summed E-state index contributed by atoms with van der Waals surface area (Å²) in [5.41, 5.74) is 8.27. The van der Waals surface area contributed by atoms with Gasteiger partial charge in [0, 0.05) is 25.3 Å². The molecule has 0 atom stereocenters. The van der Waals surface area contributed by atoms with Crippen LogP contribution in [0.2, 0.25) is 0 Å². The van der Waals surface area contributed by atoms with E-state index < -0.39 is 0 Å². The van der Waals surface area contributed by atoms with Crippen molar-refractivity contribution in [3.8, 4) is 0 Å². The molecule has 0 fully saturated rings. The van der Waals surface area contributed by atoms with Crippen LogP contribution >= 0.6 is 11.3 Å². The van der Waals surface area contributed by atoms with Crippen LogP contribution in [0.4, 0.5) is 5.13 Å². The molecule has 0 spiro atoms. The minimum Gasteiger partial charge on any atom is -0.375 e. The fourth-order valence-corrected chi connectivity index (χ4v) is 3.27. The number of thiazole rings is 1. The summed E-state index contributed by atoms with van der Waals surface area (Å²) in [6, 6.07) is 1.94.